The average molecular weight is 294 g/mol. The summed E-state index contributed by atoms with van der Waals surface area (Å²) in [6.07, 6.45) is 2.08. The second kappa shape index (κ2) is 4.64. The van der Waals surface area contributed by atoms with Gasteiger partial charge in [-0.3, -0.25) is 4.40 Å². The molecular formula is C12H8ClN3O2S. The summed E-state index contributed by atoms with van der Waals surface area (Å²) in [7, 11) is 0. The molecule has 96 valence electrons. The van der Waals surface area contributed by atoms with Gasteiger partial charge in [0.15, 0.2) is 5.65 Å². The van der Waals surface area contributed by atoms with Crippen molar-refractivity contribution in [3.05, 3.63) is 51.1 Å². The van der Waals surface area contributed by atoms with Crippen LogP contribution < -0.4 is 0 Å². The number of nitrogens with zero attached hydrogens (tertiary/aromatic N) is 3. The Labute approximate surface area is 117 Å². The predicted octanol–water partition coefficient (Wildman–Crippen LogP) is 2.73. The maximum absolute atomic E-state index is 11.0. The Morgan fingerprint density at radius 2 is 2.32 bits per heavy atom. The quantitative estimate of drug-likeness (QED) is 0.806. The molecule has 0 aliphatic heterocycles. The van der Waals surface area contributed by atoms with Gasteiger partial charge in [0, 0.05) is 12.6 Å². The first-order valence-electron chi connectivity index (χ1n) is 5.42. The summed E-state index contributed by atoms with van der Waals surface area (Å²) in [6.45, 7) is 0. The highest BCUT2D eigenvalue weighted by Crippen LogP contribution is 2.20. The molecule has 0 spiro atoms. The fraction of sp³-hybridized carbons (Fsp3) is 0.0833. The first-order valence-corrected chi connectivity index (χ1v) is 6.75. The van der Waals surface area contributed by atoms with Crippen LogP contribution in [-0.4, -0.2) is 25.7 Å². The molecule has 0 bridgehead atoms. The number of rotatable bonds is 3. The minimum atomic E-state index is -1.03. The van der Waals surface area contributed by atoms with E-state index >= 15 is 0 Å². The van der Waals surface area contributed by atoms with Gasteiger partial charge >= 0.3 is 5.97 Å². The number of halogens is 1. The number of aromatic nitrogens is 3. The smallest absolute Gasteiger partial charge is 0.337 e. The Morgan fingerprint density at radius 1 is 1.47 bits per heavy atom. The number of hydrogen-bond acceptors (Lipinski definition) is 4. The summed E-state index contributed by atoms with van der Waals surface area (Å²) in [5.41, 5.74) is 1.69. The van der Waals surface area contributed by atoms with E-state index in [1.165, 1.54) is 12.3 Å². The van der Waals surface area contributed by atoms with E-state index in [1.807, 2.05) is 16.8 Å². The molecule has 0 saturated heterocycles. The van der Waals surface area contributed by atoms with Crippen molar-refractivity contribution in [1.82, 2.24) is 14.6 Å². The molecule has 0 amide bonds. The topological polar surface area (TPSA) is 67.5 Å². The molecule has 19 heavy (non-hydrogen) atoms. The second-order valence-electron chi connectivity index (χ2n) is 4.00. The van der Waals surface area contributed by atoms with Gasteiger partial charge in [0.05, 0.1) is 10.6 Å². The average Bonchev–Trinajstić information content (AvgIpc) is 3.00. The molecule has 0 saturated carbocycles. The summed E-state index contributed by atoms with van der Waals surface area (Å²) in [4.78, 5) is 11.0. The highest BCUT2D eigenvalue weighted by atomic mass is 35.5. The van der Waals surface area contributed by atoms with Crippen LogP contribution in [-0.2, 0) is 6.42 Å². The SMILES string of the molecule is O=C(O)c1cc(Cl)c2nnc(Cc3ccsc3)n2c1. The lowest BCUT2D eigenvalue weighted by molar-refractivity contribution is 0.0696. The van der Waals surface area contributed by atoms with Crippen molar-refractivity contribution in [3.8, 4) is 0 Å². The van der Waals surface area contributed by atoms with Gasteiger partial charge in [0.2, 0.25) is 0 Å². The van der Waals surface area contributed by atoms with Gasteiger partial charge in [-0.15, -0.1) is 10.2 Å². The summed E-state index contributed by atoms with van der Waals surface area (Å²) in [5.74, 6) is -0.364. The Bertz CT molecular complexity index is 752. The van der Waals surface area contributed by atoms with Crippen molar-refractivity contribution in [2.75, 3.05) is 0 Å². The van der Waals surface area contributed by atoms with Gasteiger partial charge in [0.1, 0.15) is 5.82 Å². The summed E-state index contributed by atoms with van der Waals surface area (Å²) in [5, 5.41) is 21.4. The number of carbonyl (C=O) groups is 1. The maximum Gasteiger partial charge on any atom is 0.337 e. The van der Waals surface area contributed by atoms with Gasteiger partial charge in [-0.05, 0) is 28.5 Å². The third-order valence-electron chi connectivity index (χ3n) is 2.72. The van der Waals surface area contributed by atoms with E-state index in [0.29, 0.717) is 17.9 Å². The number of carboxylic acid groups (broad SMARTS) is 1. The van der Waals surface area contributed by atoms with Crippen LogP contribution in [0.3, 0.4) is 0 Å². The lowest BCUT2D eigenvalue weighted by Crippen LogP contribution is -2.02. The zero-order valence-corrected chi connectivity index (χ0v) is 11.1. The number of hydrogen-bond donors (Lipinski definition) is 1. The van der Waals surface area contributed by atoms with Crippen molar-refractivity contribution in [1.29, 1.82) is 0 Å². The summed E-state index contributed by atoms with van der Waals surface area (Å²) in [6, 6.07) is 3.37. The maximum atomic E-state index is 11.0. The van der Waals surface area contributed by atoms with Gasteiger partial charge in [-0.2, -0.15) is 11.3 Å². The van der Waals surface area contributed by atoms with Crippen LogP contribution in [0.4, 0.5) is 0 Å². The number of fused-ring (bicyclic) bond motifs is 1. The van der Waals surface area contributed by atoms with Gasteiger partial charge in [0.25, 0.3) is 0 Å². The number of aromatic carboxylic acids is 1. The standard InChI is InChI=1S/C12H8ClN3O2S/c13-9-4-8(12(17)18)5-16-10(14-15-11(9)16)3-7-1-2-19-6-7/h1-2,4-6H,3H2,(H,17,18). The van der Waals surface area contributed by atoms with Crippen molar-refractivity contribution in [2.24, 2.45) is 0 Å². The van der Waals surface area contributed by atoms with Crippen molar-refractivity contribution in [2.45, 2.75) is 6.42 Å². The Morgan fingerprint density at radius 3 is 3.00 bits per heavy atom. The van der Waals surface area contributed by atoms with E-state index in [2.05, 4.69) is 10.2 Å². The molecule has 0 aliphatic carbocycles. The Kier molecular flexibility index (Phi) is 2.96. The van der Waals surface area contributed by atoms with E-state index in [0.717, 1.165) is 5.56 Å². The predicted molar refractivity (Wildman–Crippen MR) is 72.1 cm³/mol. The van der Waals surface area contributed by atoms with Crippen molar-refractivity contribution >= 4 is 34.6 Å². The molecule has 1 N–H and O–H groups in total. The summed E-state index contributed by atoms with van der Waals surface area (Å²) < 4.78 is 1.63. The van der Waals surface area contributed by atoms with Gasteiger partial charge < -0.3 is 5.11 Å². The molecular weight excluding hydrogens is 286 g/mol. The molecule has 0 radical (unpaired) electrons. The molecule has 0 aliphatic rings. The number of carboxylic acids is 1. The first kappa shape index (κ1) is 12.1. The largest absolute Gasteiger partial charge is 0.478 e. The summed E-state index contributed by atoms with van der Waals surface area (Å²) >= 11 is 7.62. The van der Waals surface area contributed by atoms with E-state index in [-0.39, 0.29) is 10.6 Å². The zero-order chi connectivity index (χ0) is 13.4. The van der Waals surface area contributed by atoms with Crippen LogP contribution in [0.5, 0.6) is 0 Å². The van der Waals surface area contributed by atoms with E-state index in [4.69, 9.17) is 16.7 Å². The Hall–Kier alpha value is -1.92. The minimum Gasteiger partial charge on any atom is -0.478 e. The van der Waals surface area contributed by atoms with Crippen molar-refractivity contribution < 1.29 is 9.90 Å². The molecule has 3 rings (SSSR count). The normalized spacial score (nSPS) is 11.0. The highest BCUT2D eigenvalue weighted by Gasteiger charge is 2.13. The monoisotopic (exact) mass is 293 g/mol. The molecule has 0 atom stereocenters. The molecule has 0 unspecified atom stereocenters. The molecule has 3 aromatic rings. The van der Waals surface area contributed by atoms with Crippen LogP contribution in [0.25, 0.3) is 5.65 Å². The molecule has 0 aromatic carbocycles. The second-order valence-corrected chi connectivity index (χ2v) is 5.19. The van der Waals surface area contributed by atoms with Crippen LogP contribution in [0.2, 0.25) is 5.02 Å². The zero-order valence-electron chi connectivity index (χ0n) is 9.58. The molecule has 0 fully saturated rings. The fourth-order valence-corrected chi connectivity index (χ4v) is 2.73. The third kappa shape index (κ3) is 2.20. The fourth-order valence-electron chi connectivity index (χ4n) is 1.81. The third-order valence-corrected chi connectivity index (χ3v) is 3.73. The molecule has 7 heteroatoms. The van der Waals surface area contributed by atoms with E-state index in [9.17, 15) is 4.79 Å². The van der Waals surface area contributed by atoms with E-state index < -0.39 is 5.97 Å². The molecule has 5 nitrogen and oxygen atoms in total. The molecule has 3 heterocycles. The lowest BCUT2D eigenvalue weighted by Gasteiger charge is -2.02. The van der Waals surface area contributed by atoms with E-state index in [1.54, 1.807) is 15.7 Å². The van der Waals surface area contributed by atoms with Crippen LogP contribution in [0.15, 0.2) is 29.1 Å². The number of pyridine rings is 1. The Balaban J connectivity index is 2.13. The van der Waals surface area contributed by atoms with Crippen LogP contribution in [0, 0.1) is 0 Å². The van der Waals surface area contributed by atoms with Crippen molar-refractivity contribution in [3.63, 3.8) is 0 Å². The number of thiophene rings is 1. The van der Waals surface area contributed by atoms with Gasteiger partial charge in [-0.25, -0.2) is 4.79 Å². The lowest BCUT2D eigenvalue weighted by atomic mass is 10.2. The van der Waals surface area contributed by atoms with Gasteiger partial charge in [-0.1, -0.05) is 11.6 Å². The highest BCUT2D eigenvalue weighted by molar-refractivity contribution is 7.07. The van der Waals surface area contributed by atoms with Crippen LogP contribution in [0.1, 0.15) is 21.7 Å². The first-order chi connectivity index (χ1) is 9.15. The minimum absolute atomic E-state index is 0.115. The van der Waals surface area contributed by atoms with Crippen LogP contribution >= 0.6 is 22.9 Å². The molecule has 3 aromatic heterocycles.